The third-order valence-corrected chi connectivity index (χ3v) is 2.77. The number of aliphatic hydroxyl groups excluding tert-OH is 1. The molecular formula is C8H14ClNO3. The monoisotopic (exact) mass is 207 g/mol. The van der Waals surface area contributed by atoms with Crippen molar-refractivity contribution >= 4 is 17.6 Å². The minimum atomic E-state index is -0.950. The van der Waals surface area contributed by atoms with Crippen LogP contribution in [0.1, 0.15) is 19.3 Å². The molecule has 0 aromatic rings. The van der Waals surface area contributed by atoms with Crippen molar-refractivity contribution in [2.75, 3.05) is 12.4 Å². The molecule has 1 heterocycles. The van der Waals surface area contributed by atoms with E-state index in [0.29, 0.717) is 13.0 Å². The maximum absolute atomic E-state index is 11.0. The molecule has 0 aromatic heterocycles. The zero-order chi connectivity index (χ0) is 9.90. The van der Waals surface area contributed by atoms with E-state index in [2.05, 4.69) is 5.32 Å². The Morgan fingerprint density at radius 2 is 2.38 bits per heavy atom. The van der Waals surface area contributed by atoms with Crippen LogP contribution in [0.3, 0.4) is 0 Å². The molecule has 0 aromatic carbocycles. The number of carboxylic acid groups (broad SMARTS) is 1. The zero-order valence-electron chi connectivity index (χ0n) is 7.29. The van der Waals surface area contributed by atoms with Gasteiger partial charge in [-0.25, -0.2) is 0 Å². The third-order valence-electron chi connectivity index (χ3n) is 2.42. The lowest BCUT2D eigenvalue weighted by molar-refractivity contribution is -0.145. The van der Waals surface area contributed by atoms with E-state index in [0.717, 1.165) is 6.42 Å². The van der Waals surface area contributed by atoms with Gasteiger partial charge >= 0.3 is 5.97 Å². The molecule has 0 radical (unpaired) electrons. The van der Waals surface area contributed by atoms with Gasteiger partial charge in [0.1, 0.15) is 5.54 Å². The topological polar surface area (TPSA) is 69.6 Å². The molecule has 5 heteroatoms. The van der Waals surface area contributed by atoms with E-state index in [9.17, 15) is 9.90 Å². The maximum Gasteiger partial charge on any atom is 0.323 e. The van der Waals surface area contributed by atoms with Gasteiger partial charge in [0, 0.05) is 12.3 Å². The molecule has 1 rings (SSSR count). The van der Waals surface area contributed by atoms with Crippen LogP contribution in [0.2, 0.25) is 0 Å². The van der Waals surface area contributed by atoms with Crippen LogP contribution >= 0.6 is 11.6 Å². The summed E-state index contributed by atoms with van der Waals surface area (Å²) in [5.74, 6) is -0.814. The number of hydrogen-bond acceptors (Lipinski definition) is 3. The molecule has 1 aliphatic rings. The van der Waals surface area contributed by atoms with Crippen LogP contribution in [0.25, 0.3) is 0 Å². The second-order valence-electron chi connectivity index (χ2n) is 3.43. The molecule has 2 atom stereocenters. The number of halogens is 1. The summed E-state index contributed by atoms with van der Waals surface area (Å²) in [6.45, 7) is 0.696. The normalized spacial score (nSPS) is 30.3. The van der Waals surface area contributed by atoms with E-state index in [-0.39, 0.29) is 12.3 Å². The summed E-state index contributed by atoms with van der Waals surface area (Å²) in [6, 6.07) is 0. The van der Waals surface area contributed by atoms with Crippen LogP contribution in [-0.4, -0.2) is 40.3 Å². The third kappa shape index (κ3) is 2.33. The molecule has 1 unspecified atom stereocenters. The number of carbonyl (C=O) groups is 1. The number of hydrogen-bond donors (Lipinski definition) is 3. The van der Waals surface area contributed by atoms with Gasteiger partial charge in [0.15, 0.2) is 0 Å². The van der Waals surface area contributed by atoms with Crippen molar-refractivity contribution in [1.29, 1.82) is 0 Å². The lowest BCUT2D eigenvalue weighted by Crippen LogP contribution is -2.50. The van der Waals surface area contributed by atoms with E-state index in [1.807, 2.05) is 0 Å². The maximum atomic E-state index is 11.0. The Kier molecular flexibility index (Phi) is 3.53. The molecule has 0 spiro atoms. The minimum Gasteiger partial charge on any atom is -0.480 e. The fourth-order valence-corrected chi connectivity index (χ4v) is 1.82. The molecule has 0 aliphatic carbocycles. The summed E-state index contributed by atoms with van der Waals surface area (Å²) in [4.78, 5) is 11.0. The van der Waals surface area contributed by atoms with Crippen LogP contribution in [0.5, 0.6) is 0 Å². The predicted molar refractivity (Wildman–Crippen MR) is 48.9 cm³/mol. The van der Waals surface area contributed by atoms with Crippen molar-refractivity contribution in [3.8, 4) is 0 Å². The number of aliphatic hydroxyl groups is 1. The van der Waals surface area contributed by atoms with Crippen molar-refractivity contribution in [2.24, 2.45) is 0 Å². The highest BCUT2D eigenvalue weighted by Crippen LogP contribution is 2.25. The van der Waals surface area contributed by atoms with Crippen molar-refractivity contribution in [3.05, 3.63) is 0 Å². The molecule has 4 nitrogen and oxygen atoms in total. The van der Waals surface area contributed by atoms with Gasteiger partial charge in [-0.05, 0) is 19.4 Å². The molecule has 0 bridgehead atoms. The quantitative estimate of drug-likeness (QED) is 0.576. The molecule has 3 N–H and O–H groups in total. The van der Waals surface area contributed by atoms with Gasteiger partial charge in [0.05, 0.1) is 6.10 Å². The Morgan fingerprint density at radius 3 is 2.77 bits per heavy atom. The largest absolute Gasteiger partial charge is 0.480 e. The summed E-state index contributed by atoms with van der Waals surface area (Å²) in [5.41, 5.74) is -0.950. The van der Waals surface area contributed by atoms with E-state index in [1.54, 1.807) is 0 Å². The number of carboxylic acids is 1. The molecule has 1 saturated heterocycles. The standard InChI is InChI=1S/C8H14ClNO3/c9-5-6(11)4-8(7(12)13)2-1-3-10-8/h6,10-11H,1-5H2,(H,12,13)/t6?,8-/m1/s1. The summed E-state index contributed by atoms with van der Waals surface area (Å²) in [5, 5.41) is 21.2. The van der Waals surface area contributed by atoms with Gasteiger partial charge in [-0.3, -0.25) is 4.79 Å². The number of aliphatic carboxylic acids is 1. The zero-order valence-corrected chi connectivity index (χ0v) is 8.05. The second kappa shape index (κ2) is 4.26. The second-order valence-corrected chi connectivity index (χ2v) is 3.74. The van der Waals surface area contributed by atoms with Crippen molar-refractivity contribution in [2.45, 2.75) is 30.9 Å². The summed E-state index contributed by atoms with van der Waals surface area (Å²) < 4.78 is 0. The van der Waals surface area contributed by atoms with Crippen molar-refractivity contribution in [1.82, 2.24) is 5.32 Å². The Morgan fingerprint density at radius 1 is 1.69 bits per heavy atom. The highest BCUT2D eigenvalue weighted by atomic mass is 35.5. The SMILES string of the molecule is O=C(O)[C@]1(CC(O)CCl)CCCN1. The average Bonchev–Trinajstić information content (AvgIpc) is 2.54. The first kappa shape index (κ1) is 10.8. The van der Waals surface area contributed by atoms with Gasteiger partial charge in [0.25, 0.3) is 0 Å². The van der Waals surface area contributed by atoms with E-state index in [4.69, 9.17) is 16.7 Å². The van der Waals surface area contributed by atoms with Gasteiger partial charge in [0.2, 0.25) is 0 Å². The molecule has 76 valence electrons. The van der Waals surface area contributed by atoms with Crippen LogP contribution < -0.4 is 5.32 Å². The molecular weight excluding hydrogens is 194 g/mol. The first-order valence-electron chi connectivity index (χ1n) is 4.33. The first-order chi connectivity index (χ1) is 6.10. The minimum absolute atomic E-state index is 0.0801. The molecule has 0 amide bonds. The van der Waals surface area contributed by atoms with Crippen LogP contribution in [0.15, 0.2) is 0 Å². The van der Waals surface area contributed by atoms with Gasteiger partial charge in [-0.1, -0.05) is 0 Å². The Hall–Kier alpha value is -0.320. The van der Waals surface area contributed by atoms with Crippen LogP contribution in [0, 0.1) is 0 Å². The lowest BCUT2D eigenvalue weighted by atomic mass is 9.91. The predicted octanol–water partition coefficient (Wildman–Crippen LogP) is 0.183. The first-order valence-corrected chi connectivity index (χ1v) is 4.86. The molecule has 13 heavy (non-hydrogen) atoms. The summed E-state index contributed by atoms with van der Waals surface area (Å²) >= 11 is 5.43. The lowest BCUT2D eigenvalue weighted by Gasteiger charge is -2.26. The average molecular weight is 208 g/mol. The highest BCUT2D eigenvalue weighted by Gasteiger charge is 2.42. The van der Waals surface area contributed by atoms with Gasteiger partial charge in [-0.15, -0.1) is 11.6 Å². The van der Waals surface area contributed by atoms with E-state index >= 15 is 0 Å². The van der Waals surface area contributed by atoms with Crippen LogP contribution in [-0.2, 0) is 4.79 Å². The van der Waals surface area contributed by atoms with Crippen molar-refractivity contribution < 1.29 is 15.0 Å². The molecule has 1 fully saturated rings. The Labute approximate surface area is 81.9 Å². The van der Waals surface area contributed by atoms with Gasteiger partial charge < -0.3 is 15.5 Å². The smallest absolute Gasteiger partial charge is 0.323 e. The molecule has 1 aliphatic heterocycles. The van der Waals surface area contributed by atoms with Gasteiger partial charge in [-0.2, -0.15) is 0 Å². The fraction of sp³-hybridized carbons (Fsp3) is 0.875. The van der Waals surface area contributed by atoms with Crippen molar-refractivity contribution in [3.63, 3.8) is 0 Å². The number of nitrogens with one attached hydrogen (secondary N) is 1. The highest BCUT2D eigenvalue weighted by molar-refractivity contribution is 6.18. The van der Waals surface area contributed by atoms with Crippen LogP contribution in [0.4, 0.5) is 0 Å². The fourth-order valence-electron chi connectivity index (χ4n) is 1.71. The number of alkyl halides is 1. The molecule has 0 saturated carbocycles. The number of rotatable bonds is 4. The Bertz CT molecular complexity index is 192. The van der Waals surface area contributed by atoms with E-state index in [1.165, 1.54) is 0 Å². The van der Waals surface area contributed by atoms with E-state index < -0.39 is 17.6 Å². The summed E-state index contributed by atoms with van der Waals surface area (Å²) in [6.07, 6.45) is 0.840. The Balaban J connectivity index is 2.62. The summed E-state index contributed by atoms with van der Waals surface area (Å²) in [7, 11) is 0.